The van der Waals surface area contributed by atoms with Gasteiger partial charge in [-0.25, -0.2) is 0 Å². The summed E-state index contributed by atoms with van der Waals surface area (Å²) < 4.78 is 0. The summed E-state index contributed by atoms with van der Waals surface area (Å²) in [7, 11) is 0. The van der Waals surface area contributed by atoms with E-state index >= 15 is 0 Å². The Balaban J connectivity index is 3.69. The molecular formula is C7H16N2O. The predicted octanol–water partition coefficient (Wildman–Crippen LogP) is 1.34. The van der Waals surface area contributed by atoms with E-state index in [1.165, 1.54) is 0 Å². The largest absolute Gasteiger partial charge is 0.392 e. The Morgan fingerprint density at radius 3 is 2.10 bits per heavy atom. The third-order valence-electron chi connectivity index (χ3n) is 0.960. The monoisotopic (exact) mass is 144 g/mol. The molecule has 0 saturated heterocycles. The molecule has 3 nitrogen and oxygen atoms in total. The van der Waals surface area contributed by atoms with Crippen molar-refractivity contribution in [3.8, 4) is 0 Å². The molecule has 0 unspecified atom stereocenters. The molecule has 10 heavy (non-hydrogen) atoms. The van der Waals surface area contributed by atoms with E-state index in [9.17, 15) is 0 Å². The summed E-state index contributed by atoms with van der Waals surface area (Å²) in [5.41, 5.74) is 5.49. The first-order chi connectivity index (χ1) is 4.54. The summed E-state index contributed by atoms with van der Waals surface area (Å²) in [6.45, 7) is 7.78. The van der Waals surface area contributed by atoms with E-state index in [4.69, 9.17) is 10.6 Å². The zero-order valence-electron chi connectivity index (χ0n) is 7.09. The van der Waals surface area contributed by atoms with Gasteiger partial charge in [0.2, 0.25) is 0 Å². The van der Waals surface area contributed by atoms with Gasteiger partial charge >= 0.3 is 0 Å². The summed E-state index contributed by atoms with van der Waals surface area (Å²) in [6, 6.07) is 0. The molecule has 0 aliphatic heterocycles. The molecule has 2 N–H and O–H groups in total. The fraction of sp³-hybridized carbons (Fsp3) is 0.857. The SMILES string of the molecule is CC(C)O/N=C(/N)C(C)C. The maximum absolute atomic E-state index is 5.49. The number of amidine groups is 1. The third-order valence-corrected chi connectivity index (χ3v) is 0.960. The minimum atomic E-state index is 0.109. The van der Waals surface area contributed by atoms with E-state index in [0.29, 0.717) is 5.84 Å². The van der Waals surface area contributed by atoms with E-state index in [1.54, 1.807) is 0 Å². The molecule has 0 aromatic heterocycles. The Kier molecular flexibility index (Phi) is 3.84. The summed E-state index contributed by atoms with van der Waals surface area (Å²) >= 11 is 0. The van der Waals surface area contributed by atoms with Crippen LogP contribution in [-0.4, -0.2) is 11.9 Å². The van der Waals surface area contributed by atoms with Gasteiger partial charge < -0.3 is 10.6 Å². The smallest absolute Gasteiger partial charge is 0.141 e. The lowest BCUT2D eigenvalue weighted by molar-refractivity contribution is 0.0845. The van der Waals surface area contributed by atoms with Crippen LogP contribution in [0.25, 0.3) is 0 Å². The van der Waals surface area contributed by atoms with Crippen molar-refractivity contribution in [1.29, 1.82) is 0 Å². The van der Waals surface area contributed by atoms with Gasteiger partial charge in [-0.2, -0.15) is 0 Å². The lowest BCUT2D eigenvalue weighted by Crippen LogP contribution is -2.19. The highest BCUT2D eigenvalue weighted by atomic mass is 16.6. The van der Waals surface area contributed by atoms with Crippen molar-refractivity contribution in [3.63, 3.8) is 0 Å². The Morgan fingerprint density at radius 1 is 1.30 bits per heavy atom. The molecule has 0 saturated carbocycles. The Bertz CT molecular complexity index is 119. The second kappa shape index (κ2) is 4.14. The first-order valence-corrected chi connectivity index (χ1v) is 3.53. The van der Waals surface area contributed by atoms with E-state index < -0.39 is 0 Å². The van der Waals surface area contributed by atoms with Crippen LogP contribution in [0.5, 0.6) is 0 Å². The summed E-state index contributed by atoms with van der Waals surface area (Å²) in [4.78, 5) is 4.93. The molecule has 3 heteroatoms. The molecule has 0 fully saturated rings. The number of hydrogen-bond acceptors (Lipinski definition) is 2. The molecule has 0 atom stereocenters. The molecule has 0 aromatic rings. The van der Waals surface area contributed by atoms with Gasteiger partial charge in [-0.15, -0.1) is 0 Å². The minimum absolute atomic E-state index is 0.109. The second-order valence-electron chi connectivity index (χ2n) is 2.83. The van der Waals surface area contributed by atoms with Crippen molar-refractivity contribution < 1.29 is 4.84 Å². The van der Waals surface area contributed by atoms with Crippen molar-refractivity contribution in [1.82, 2.24) is 0 Å². The number of nitrogens with two attached hydrogens (primary N) is 1. The van der Waals surface area contributed by atoms with Crippen molar-refractivity contribution in [2.75, 3.05) is 0 Å². The average molecular weight is 144 g/mol. The lowest BCUT2D eigenvalue weighted by Gasteiger charge is -2.05. The van der Waals surface area contributed by atoms with Gasteiger partial charge in [0.15, 0.2) is 0 Å². The molecular weight excluding hydrogens is 128 g/mol. The van der Waals surface area contributed by atoms with Crippen molar-refractivity contribution in [3.05, 3.63) is 0 Å². The number of rotatable bonds is 3. The van der Waals surface area contributed by atoms with E-state index in [-0.39, 0.29) is 12.0 Å². The quantitative estimate of drug-likeness (QED) is 0.369. The molecule has 0 rings (SSSR count). The zero-order valence-corrected chi connectivity index (χ0v) is 7.09. The van der Waals surface area contributed by atoms with Crippen LogP contribution in [0.2, 0.25) is 0 Å². The number of oxime groups is 1. The topological polar surface area (TPSA) is 47.6 Å². The van der Waals surface area contributed by atoms with Crippen LogP contribution in [0, 0.1) is 5.92 Å². The number of hydrogen-bond donors (Lipinski definition) is 1. The summed E-state index contributed by atoms with van der Waals surface area (Å²) in [5, 5.41) is 3.72. The highest BCUT2D eigenvalue weighted by Gasteiger charge is 1.99. The summed E-state index contributed by atoms with van der Waals surface area (Å²) in [6.07, 6.45) is 0.109. The first kappa shape index (κ1) is 9.27. The minimum Gasteiger partial charge on any atom is -0.392 e. The van der Waals surface area contributed by atoms with Crippen LogP contribution < -0.4 is 5.73 Å². The van der Waals surface area contributed by atoms with Gasteiger partial charge in [0, 0.05) is 5.92 Å². The molecule has 0 aromatic carbocycles. The van der Waals surface area contributed by atoms with E-state index in [1.807, 2.05) is 27.7 Å². The molecule has 0 bridgehead atoms. The summed E-state index contributed by atoms with van der Waals surface area (Å²) in [5.74, 6) is 0.812. The molecule has 0 aliphatic rings. The van der Waals surface area contributed by atoms with Crippen LogP contribution in [-0.2, 0) is 4.84 Å². The van der Waals surface area contributed by atoms with Crippen LogP contribution in [0.4, 0.5) is 0 Å². The third kappa shape index (κ3) is 4.18. The normalized spacial score (nSPS) is 12.8. The highest BCUT2D eigenvalue weighted by molar-refractivity contribution is 5.81. The van der Waals surface area contributed by atoms with Gasteiger partial charge in [-0.05, 0) is 13.8 Å². The van der Waals surface area contributed by atoms with Crippen molar-refractivity contribution in [2.45, 2.75) is 33.8 Å². The van der Waals surface area contributed by atoms with Crippen LogP contribution >= 0.6 is 0 Å². The Labute approximate surface area is 62.2 Å². The van der Waals surface area contributed by atoms with Gasteiger partial charge in [0.25, 0.3) is 0 Å². The standard InChI is InChI=1S/C7H16N2O/c1-5(2)7(8)9-10-6(3)4/h5-6H,1-4H3,(H2,8,9). The second-order valence-corrected chi connectivity index (χ2v) is 2.83. The molecule has 0 heterocycles. The molecule has 0 amide bonds. The first-order valence-electron chi connectivity index (χ1n) is 3.53. The van der Waals surface area contributed by atoms with Gasteiger partial charge in [0.1, 0.15) is 11.9 Å². The van der Waals surface area contributed by atoms with Crippen molar-refractivity contribution in [2.24, 2.45) is 16.8 Å². The van der Waals surface area contributed by atoms with Crippen LogP contribution in [0.3, 0.4) is 0 Å². The highest BCUT2D eigenvalue weighted by Crippen LogP contribution is 1.94. The van der Waals surface area contributed by atoms with Gasteiger partial charge in [-0.1, -0.05) is 19.0 Å². The molecule has 0 aliphatic carbocycles. The predicted molar refractivity (Wildman–Crippen MR) is 42.7 cm³/mol. The van der Waals surface area contributed by atoms with Crippen LogP contribution in [0.15, 0.2) is 5.16 Å². The Morgan fingerprint density at radius 2 is 1.80 bits per heavy atom. The molecule has 60 valence electrons. The number of nitrogens with zero attached hydrogens (tertiary/aromatic N) is 1. The molecule has 0 radical (unpaired) electrons. The fourth-order valence-corrected chi connectivity index (χ4v) is 0.272. The fourth-order valence-electron chi connectivity index (χ4n) is 0.272. The lowest BCUT2D eigenvalue weighted by atomic mass is 10.2. The van der Waals surface area contributed by atoms with E-state index in [0.717, 1.165) is 0 Å². The van der Waals surface area contributed by atoms with Crippen molar-refractivity contribution >= 4 is 5.84 Å². The Hall–Kier alpha value is -0.730. The van der Waals surface area contributed by atoms with Gasteiger partial charge in [-0.3, -0.25) is 0 Å². The van der Waals surface area contributed by atoms with Crippen LogP contribution in [0.1, 0.15) is 27.7 Å². The zero-order chi connectivity index (χ0) is 8.15. The maximum atomic E-state index is 5.49. The molecule has 0 spiro atoms. The average Bonchev–Trinajstić information content (AvgIpc) is 1.82. The van der Waals surface area contributed by atoms with Gasteiger partial charge in [0.05, 0.1) is 0 Å². The van der Waals surface area contributed by atoms with E-state index in [2.05, 4.69) is 5.16 Å². The maximum Gasteiger partial charge on any atom is 0.141 e.